The molecular weight excluding hydrogens is 420 g/mol. The Morgan fingerprint density at radius 1 is 1.21 bits per heavy atom. The Labute approximate surface area is 192 Å². The van der Waals surface area contributed by atoms with E-state index < -0.39 is 5.54 Å². The zero-order chi connectivity index (χ0) is 22.8. The van der Waals surface area contributed by atoms with E-state index >= 15 is 0 Å². The minimum absolute atomic E-state index is 0.198. The minimum atomic E-state index is -0.594. The molecule has 9 heteroatoms. The summed E-state index contributed by atoms with van der Waals surface area (Å²) in [6.45, 7) is 3.86. The standard InChI is InChI=1S/C24H28N6O3/c1-2-4-18-12-21(28-23(27-18)29-10-8-26-15-29)24(13-22(25)31)7-3-9-30(24)14-17-5-6-19-20(11-17)33-16-32-19/h5-6,8,10-12,15H,2-4,7,9,13-14,16H2,1H3,(H2,25,31). The molecule has 2 aromatic heterocycles. The predicted molar refractivity (Wildman–Crippen MR) is 121 cm³/mol. The van der Waals surface area contributed by atoms with Crippen molar-refractivity contribution in [2.75, 3.05) is 13.3 Å². The smallest absolute Gasteiger partial charge is 0.235 e. The van der Waals surface area contributed by atoms with Gasteiger partial charge in [0.15, 0.2) is 11.5 Å². The van der Waals surface area contributed by atoms with Crippen LogP contribution in [0.1, 0.15) is 49.6 Å². The summed E-state index contributed by atoms with van der Waals surface area (Å²) in [4.78, 5) is 28.5. The van der Waals surface area contributed by atoms with Gasteiger partial charge in [-0.3, -0.25) is 14.3 Å². The molecule has 2 N–H and O–H groups in total. The number of ether oxygens (including phenoxy) is 2. The number of aromatic nitrogens is 4. The van der Waals surface area contributed by atoms with Crippen LogP contribution < -0.4 is 15.2 Å². The first kappa shape index (κ1) is 21.4. The molecule has 33 heavy (non-hydrogen) atoms. The zero-order valence-corrected chi connectivity index (χ0v) is 18.7. The third-order valence-electron chi connectivity index (χ3n) is 6.39. The number of hydrogen-bond acceptors (Lipinski definition) is 7. The van der Waals surface area contributed by atoms with Crippen LogP contribution in [0.4, 0.5) is 0 Å². The molecule has 1 fully saturated rings. The predicted octanol–water partition coefficient (Wildman–Crippen LogP) is 2.71. The Morgan fingerprint density at radius 2 is 2.09 bits per heavy atom. The molecule has 0 bridgehead atoms. The van der Waals surface area contributed by atoms with Gasteiger partial charge in [-0.05, 0) is 49.6 Å². The molecule has 3 aromatic rings. The number of imidazole rings is 1. The molecule has 0 radical (unpaired) electrons. The molecule has 4 heterocycles. The second kappa shape index (κ2) is 8.82. The number of amides is 1. The van der Waals surface area contributed by atoms with Gasteiger partial charge in [0.05, 0.1) is 17.7 Å². The average molecular weight is 449 g/mol. The van der Waals surface area contributed by atoms with E-state index in [0.717, 1.165) is 60.7 Å². The molecule has 5 rings (SSSR count). The molecule has 1 atom stereocenters. The minimum Gasteiger partial charge on any atom is -0.454 e. The number of nitrogens with two attached hydrogens (primary N) is 1. The maximum atomic E-state index is 12.3. The van der Waals surface area contributed by atoms with E-state index in [1.807, 2.05) is 30.5 Å². The number of primary amides is 1. The van der Waals surface area contributed by atoms with Gasteiger partial charge < -0.3 is 15.2 Å². The van der Waals surface area contributed by atoms with E-state index in [1.165, 1.54) is 0 Å². The van der Waals surface area contributed by atoms with Crippen LogP contribution in [0.2, 0.25) is 0 Å². The quantitative estimate of drug-likeness (QED) is 0.564. The maximum Gasteiger partial charge on any atom is 0.235 e. The molecule has 0 aliphatic carbocycles. The first-order valence-corrected chi connectivity index (χ1v) is 11.4. The Morgan fingerprint density at radius 3 is 2.88 bits per heavy atom. The molecule has 2 aliphatic rings. The van der Waals surface area contributed by atoms with Gasteiger partial charge in [-0.15, -0.1) is 0 Å². The van der Waals surface area contributed by atoms with E-state index in [1.54, 1.807) is 17.1 Å². The molecule has 0 saturated carbocycles. The Balaban J connectivity index is 1.56. The van der Waals surface area contributed by atoms with Gasteiger partial charge in [-0.2, -0.15) is 0 Å². The highest BCUT2D eigenvalue weighted by atomic mass is 16.7. The van der Waals surface area contributed by atoms with Crippen LogP contribution in [-0.4, -0.2) is 43.7 Å². The highest BCUT2D eigenvalue weighted by molar-refractivity contribution is 5.75. The summed E-state index contributed by atoms with van der Waals surface area (Å²) < 4.78 is 12.8. The van der Waals surface area contributed by atoms with Crippen molar-refractivity contribution >= 4 is 5.91 Å². The first-order chi connectivity index (χ1) is 16.1. The summed E-state index contributed by atoms with van der Waals surface area (Å²) >= 11 is 0. The van der Waals surface area contributed by atoms with Crippen LogP contribution in [0.25, 0.3) is 5.95 Å². The molecule has 1 unspecified atom stereocenters. The van der Waals surface area contributed by atoms with Crippen molar-refractivity contribution in [1.29, 1.82) is 0 Å². The normalized spacial score (nSPS) is 19.8. The number of carbonyl (C=O) groups excluding carboxylic acids is 1. The van der Waals surface area contributed by atoms with Crippen LogP contribution in [0.5, 0.6) is 11.5 Å². The second-order valence-electron chi connectivity index (χ2n) is 8.65. The van der Waals surface area contributed by atoms with Gasteiger partial charge in [0.2, 0.25) is 18.6 Å². The number of carbonyl (C=O) groups is 1. The number of fused-ring (bicyclic) bond motifs is 1. The molecule has 1 saturated heterocycles. The fraction of sp³-hybridized carbons (Fsp3) is 0.417. The molecule has 0 spiro atoms. The van der Waals surface area contributed by atoms with Gasteiger partial charge in [-0.1, -0.05) is 19.4 Å². The average Bonchev–Trinajstić information content (AvgIpc) is 3.55. The van der Waals surface area contributed by atoms with Crippen molar-refractivity contribution < 1.29 is 14.3 Å². The molecule has 1 amide bonds. The van der Waals surface area contributed by atoms with E-state index in [0.29, 0.717) is 12.5 Å². The number of likely N-dealkylation sites (tertiary alicyclic amines) is 1. The summed E-state index contributed by atoms with van der Waals surface area (Å²) in [6.07, 6.45) is 8.95. The SMILES string of the molecule is CCCc1cc(C2(CC(N)=O)CCCN2Cc2ccc3c(c2)OCO3)nc(-n2ccnc2)n1. The van der Waals surface area contributed by atoms with Gasteiger partial charge in [0, 0.05) is 24.6 Å². The highest BCUT2D eigenvalue weighted by Crippen LogP contribution is 2.43. The lowest BCUT2D eigenvalue weighted by Gasteiger charge is -2.38. The fourth-order valence-electron chi connectivity index (χ4n) is 4.89. The summed E-state index contributed by atoms with van der Waals surface area (Å²) in [7, 11) is 0. The van der Waals surface area contributed by atoms with Crippen molar-refractivity contribution in [2.24, 2.45) is 5.73 Å². The van der Waals surface area contributed by atoms with Gasteiger partial charge >= 0.3 is 0 Å². The van der Waals surface area contributed by atoms with Crippen molar-refractivity contribution in [3.63, 3.8) is 0 Å². The third kappa shape index (κ3) is 4.16. The first-order valence-electron chi connectivity index (χ1n) is 11.4. The molecule has 2 aliphatic heterocycles. The Kier molecular flexibility index (Phi) is 5.72. The monoisotopic (exact) mass is 448 g/mol. The second-order valence-corrected chi connectivity index (χ2v) is 8.65. The van der Waals surface area contributed by atoms with Crippen molar-refractivity contribution in [3.8, 4) is 17.4 Å². The van der Waals surface area contributed by atoms with Gasteiger partial charge in [0.1, 0.15) is 6.33 Å². The lowest BCUT2D eigenvalue weighted by molar-refractivity contribution is -0.121. The van der Waals surface area contributed by atoms with Crippen LogP contribution in [0.3, 0.4) is 0 Å². The number of hydrogen-bond donors (Lipinski definition) is 1. The summed E-state index contributed by atoms with van der Waals surface area (Å²) in [5, 5.41) is 0. The Hall–Kier alpha value is -3.46. The topological polar surface area (TPSA) is 108 Å². The molecule has 9 nitrogen and oxygen atoms in total. The van der Waals surface area contributed by atoms with E-state index in [9.17, 15) is 4.79 Å². The summed E-state index contributed by atoms with van der Waals surface area (Å²) in [5.74, 6) is 1.73. The molecule has 172 valence electrons. The number of benzene rings is 1. The fourth-order valence-corrected chi connectivity index (χ4v) is 4.89. The third-order valence-corrected chi connectivity index (χ3v) is 6.39. The number of nitrogens with zero attached hydrogens (tertiary/aromatic N) is 5. The maximum absolute atomic E-state index is 12.3. The lowest BCUT2D eigenvalue weighted by Crippen LogP contribution is -2.44. The van der Waals surface area contributed by atoms with Gasteiger partial charge in [-0.25, -0.2) is 15.0 Å². The van der Waals surface area contributed by atoms with E-state index in [-0.39, 0.29) is 19.1 Å². The van der Waals surface area contributed by atoms with Crippen molar-refractivity contribution in [2.45, 2.75) is 51.1 Å². The Bertz CT molecular complexity index is 1150. The van der Waals surface area contributed by atoms with Crippen molar-refractivity contribution in [1.82, 2.24) is 24.4 Å². The number of rotatable bonds is 8. The largest absolute Gasteiger partial charge is 0.454 e. The van der Waals surface area contributed by atoms with E-state index in [4.69, 9.17) is 25.2 Å². The van der Waals surface area contributed by atoms with Gasteiger partial charge in [0.25, 0.3) is 0 Å². The van der Waals surface area contributed by atoms with Crippen LogP contribution in [-0.2, 0) is 23.3 Å². The van der Waals surface area contributed by atoms with Crippen LogP contribution in [0.15, 0.2) is 43.0 Å². The summed E-state index contributed by atoms with van der Waals surface area (Å²) in [5.41, 5.74) is 8.07. The van der Waals surface area contributed by atoms with E-state index in [2.05, 4.69) is 16.8 Å². The number of aryl methyl sites for hydroxylation is 1. The molecule has 1 aromatic carbocycles. The zero-order valence-electron chi connectivity index (χ0n) is 18.7. The lowest BCUT2D eigenvalue weighted by atomic mass is 9.86. The summed E-state index contributed by atoms with van der Waals surface area (Å²) in [6, 6.07) is 8.03. The van der Waals surface area contributed by atoms with Crippen LogP contribution >= 0.6 is 0 Å². The molecular formula is C24H28N6O3. The highest BCUT2D eigenvalue weighted by Gasteiger charge is 2.45. The van der Waals surface area contributed by atoms with Crippen molar-refractivity contribution in [3.05, 3.63) is 59.9 Å². The van der Waals surface area contributed by atoms with Crippen LogP contribution in [0, 0.1) is 0 Å².